The maximum atomic E-state index is 14.0. The molecule has 3 heterocycles. The molecule has 1 atom stereocenters. The van der Waals surface area contributed by atoms with E-state index in [-0.39, 0.29) is 22.7 Å². The van der Waals surface area contributed by atoms with E-state index in [9.17, 15) is 8.78 Å². The third-order valence-corrected chi connectivity index (χ3v) is 4.57. The van der Waals surface area contributed by atoms with E-state index in [0.717, 1.165) is 31.6 Å². The van der Waals surface area contributed by atoms with Crippen LogP contribution in [0.1, 0.15) is 12.8 Å². The molecule has 27 heavy (non-hydrogen) atoms. The molecule has 3 aromatic rings. The van der Waals surface area contributed by atoms with Crippen LogP contribution in [0.4, 0.5) is 26.4 Å². The molecule has 7 nitrogen and oxygen atoms in total. The zero-order valence-corrected chi connectivity index (χ0v) is 15.2. The van der Waals surface area contributed by atoms with Crippen molar-refractivity contribution in [2.45, 2.75) is 18.9 Å². The van der Waals surface area contributed by atoms with Crippen LogP contribution >= 0.6 is 11.6 Å². The van der Waals surface area contributed by atoms with Gasteiger partial charge in [0.25, 0.3) is 0 Å². The highest BCUT2D eigenvalue weighted by atomic mass is 35.5. The predicted octanol–water partition coefficient (Wildman–Crippen LogP) is 3.63. The maximum Gasteiger partial charge on any atom is 0.225 e. The van der Waals surface area contributed by atoms with Crippen molar-refractivity contribution in [3.8, 4) is 0 Å². The van der Waals surface area contributed by atoms with Gasteiger partial charge < -0.3 is 15.4 Å². The van der Waals surface area contributed by atoms with Gasteiger partial charge in [0.15, 0.2) is 17.3 Å². The van der Waals surface area contributed by atoms with Gasteiger partial charge in [-0.15, -0.1) is 0 Å². The van der Waals surface area contributed by atoms with Gasteiger partial charge in [-0.2, -0.15) is 4.98 Å². The van der Waals surface area contributed by atoms with E-state index in [2.05, 4.69) is 25.6 Å². The molecule has 0 amide bonds. The van der Waals surface area contributed by atoms with Gasteiger partial charge in [0, 0.05) is 18.7 Å². The van der Waals surface area contributed by atoms with Crippen molar-refractivity contribution in [2.75, 3.05) is 23.8 Å². The standard InChI is InChI=1S/C17H17ClF2N6O/c1-26-15-13(7-21-16(25-15)22-10-3-2-4-27-8-10)23-17(26)24-14-11(19)5-9(18)6-12(14)20/h5-7,10H,2-4,8H2,1H3,(H,23,24)(H,21,22,25)/t10-/m0/s1. The highest BCUT2D eigenvalue weighted by Gasteiger charge is 2.18. The second-order valence-electron chi connectivity index (χ2n) is 6.32. The van der Waals surface area contributed by atoms with Crippen molar-refractivity contribution in [3.63, 3.8) is 0 Å². The number of benzene rings is 1. The molecule has 142 valence electrons. The van der Waals surface area contributed by atoms with E-state index in [1.54, 1.807) is 17.8 Å². The Balaban J connectivity index is 1.62. The average Bonchev–Trinajstić information content (AvgIpc) is 2.95. The van der Waals surface area contributed by atoms with Crippen LogP contribution in [-0.2, 0) is 11.8 Å². The first-order valence-corrected chi connectivity index (χ1v) is 8.84. The molecule has 1 aliphatic heterocycles. The molecule has 1 aliphatic rings. The zero-order valence-electron chi connectivity index (χ0n) is 14.5. The summed E-state index contributed by atoms with van der Waals surface area (Å²) in [5.41, 5.74) is 0.699. The highest BCUT2D eigenvalue weighted by molar-refractivity contribution is 6.30. The van der Waals surface area contributed by atoms with Crippen LogP contribution in [0.3, 0.4) is 0 Å². The maximum absolute atomic E-state index is 14.0. The summed E-state index contributed by atoms with van der Waals surface area (Å²) in [6, 6.07) is 2.22. The van der Waals surface area contributed by atoms with Gasteiger partial charge in [-0.1, -0.05) is 11.6 Å². The normalized spacial score (nSPS) is 17.3. The smallest absolute Gasteiger partial charge is 0.225 e. The fraction of sp³-hybridized carbons (Fsp3) is 0.353. The van der Waals surface area contributed by atoms with Gasteiger partial charge in [-0.3, -0.25) is 4.57 Å². The molecule has 1 saturated heterocycles. The summed E-state index contributed by atoms with van der Waals surface area (Å²) >= 11 is 5.66. The lowest BCUT2D eigenvalue weighted by molar-refractivity contribution is 0.0874. The fourth-order valence-corrected chi connectivity index (χ4v) is 3.17. The third-order valence-electron chi connectivity index (χ3n) is 4.35. The molecule has 0 radical (unpaired) electrons. The Bertz CT molecular complexity index is 966. The molecule has 10 heteroatoms. The van der Waals surface area contributed by atoms with Gasteiger partial charge in [-0.25, -0.2) is 18.7 Å². The lowest BCUT2D eigenvalue weighted by atomic mass is 10.1. The van der Waals surface area contributed by atoms with E-state index in [0.29, 0.717) is 23.7 Å². The van der Waals surface area contributed by atoms with Crippen LogP contribution in [0.15, 0.2) is 18.3 Å². The van der Waals surface area contributed by atoms with Crippen LogP contribution in [0.25, 0.3) is 11.2 Å². The van der Waals surface area contributed by atoms with Gasteiger partial charge >= 0.3 is 0 Å². The number of aryl methyl sites for hydroxylation is 1. The number of anilines is 3. The number of imidazole rings is 1. The predicted molar refractivity (Wildman–Crippen MR) is 98.4 cm³/mol. The molecule has 2 aromatic heterocycles. The van der Waals surface area contributed by atoms with Crippen molar-refractivity contribution in [3.05, 3.63) is 35.0 Å². The molecule has 4 rings (SSSR count). The number of rotatable bonds is 4. The summed E-state index contributed by atoms with van der Waals surface area (Å²) in [7, 11) is 1.70. The Hall–Kier alpha value is -2.52. The van der Waals surface area contributed by atoms with E-state index >= 15 is 0 Å². The molecule has 0 bridgehead atoms. The third kappa shape index (κ3) is 3.65. The minimum absolute atomic E-state index is 0.0196. The summed E-state index contributed by atoms with van der Waals surface area (Å²) in [5.74, 6) is -0.926. The summed E-state index contributed by atoms with van der Waals surface area (Å²) in [6.45, 7) is 1.38. The number of nitrogens with zero attached hydrogens (tertiary/aromatic N) is 4. The molecular weight excluding hydrogens is 378 g/mol. The molecule has 0 unspecified atom stereocenters. The largest absolute Gasteiger partial charge is 0.379 e. The van der Waals surface area contributed by atoms with Crippen molar-refractivity contribution in [1.82, 2.24) is 19.5 Å². The number of aromatic nitrogens is 4. The molecule has 1 aromatic carbocycles. The Morgan fingerprint density at radius 3 is 2.74 bits per heavy atom. The number of nitrogens with one attached hydrogen (secondary N) is 2. The average molecular weight is 395 g/mol. The number of ether oxygens (including phenoxy) is 1. The quantitative estimate of drug-likeness (QED) is 0.703. The molecular formula is C17H17ClF2N6O. The number of halogens is 3. The molecule has 2 N–H and O–H groups in total. The van der Waals surface area contributed by atoms with Crippen LogP contribution in [0, 0.1) is 11.6 Å². The molecule has 1 fully saturated rings. The number of hydrogen-bond donors (Lipinski definition) is 2. The summed E-state index contributed by atoms with van der Waals surface area (Å²) < 4.78 is 35.1. The lowest BCUT2D eigenvalue weighted by Gasteiger charge is -2.22. The Labute approximate surface area is 158 Å². The number of fused-ring (bicyclic) bond motifs is 1. The van der Waals surface area contributed by atoms with Gasteiger partial charge in [-0.05, 0) is 25.0 Å². The fourth-order valence-electron chi connectivity index (χ4n) is 2.97. The Morgan fingerprint density at radius 2 is 2.04 bits per heavy atom. The van der Waals surface area contributed by atoms with Crippen LogP contribution in [0.5, 0.6) is 0 Å². The van der Waals surface area contributed by atoms with Crippen molar-refractivity contribution >= 4 is 40.3 Å². The van der Waals surface area contributed by atoms with E-state index < -0.39 is 11.6 Å². The van der Waals surface area contributed by atoms with Gasteiger partial charge in [0.05, 0.1) is 18.8 Å². The first-order chi connectivity index (χ1) is 13.0. The van der Waals surface area contributed by atoms with Crippen molar-refractivity contribution in [2.24, 2.45) is 7.05 Å². The van der Waals surface area contributed by atoms with Gasteiger partial charge in [0.1, 0.15) is 11.2 Å². The number of hydrogen-bond acceptors (Lipinski definition) is 6. The Morgan fingerprint density at radius 1 is 1.26 bits per heavy atom. The van der Waals surface area contributed by atoms with E-state index in [1.807, 2.05) is 0 Å². The lowest BCUT2D eigenvalue weighted by Crippen LogP contribution is -2.30. The second-order valence-corrected chi connectivity index (χ2v) is 6.76. The van der Waals surface area contributed by atoms with Gasteiger partial charge in [0.2, 0.25) is 11.9 Å². The van der Waals surface area contributed by atoms with Crippen molar-refractivity contribution in [1.29, 1.82) is 0 Å². The minimum Gasteiger partial charge on any atom is -0.379 e. The second kappa shape index (κ2) is 7.24. The van der Waals surface area contributed by atoms with Crippen LogP contribution in [0.2, 0.25) is 5.02 Å². The SMILES string of the molecule is Cn1c(Nc2c(F)cc(Cl)cc2F)nc2cnc(N[C@H]3CCCOC3)nc21. The Kier molecular flexibility index (Phi) is 4.79. The molecule has 0 aliphatic carbocycles. The van der Waals surface area contributed by atoms with Crippen molar-refractivity contribution < 1.29 is 13.5 Å². The summed E-state index contributed by atoms with van der Waals surface area (Å²) in [4.78, 5) is 13.0. The van der Waals surface area contributed by atoms with Crippen LogP contribution < -0.4 is 10.6 Å². The summed E-state index contributed by atoms with van der Waals surface area (Å²) in [6.07, 6.45) is 3.53. The minimum atomic E-state index is -0.808. The highest BCUT2D eigenvalue weighted by Crippen LogP contribution is 2.27. The molecule has 0 saturated carbocycles. The topological polar surface area (TPSA) is 76.9 Å². The van der Waals surface area contributed by atoms with E-state index in [1.165, 1.54) is 0 Å². The van der Waals surface area contributed by atoms with E-state index in [4.69, 9.17) is 16.3 Å². The molecule has 0 spiro atoms. The first kappa shape index (κ1) is 17.9. The first-order valence-electron chi connectivity index (χ1n) is 8.46. The zero-order chi connectivity index (χ0) is 19.0. The monoisotopic (exact) mass is 394 g/mol. The van der Waals surface area contributed by atoms with Crippen LogP contribution in [-0.4, -0.2) is 38.8 Å². The summed E-state index contributed by atoms with van der Waals surface area (Å²) in [5, 5.41) is 5.88.